The minimum absolute atomic E-state index is 0.0715. The summed E-state index contributed by atoms with van der Waals surface area (Å²) in [4.78, 5) is 34.3. The van der Waals surface area contributed by atoms with Crippen molar-refractivity contribution in [2.45, 2.75) is 6.92 Å². The molecular formula is C19H17N3O7. The first kappa shape index (κ1) is 21.2. The highest BCUT2D eigenvalue weighted by Crippen LogP contribution is 2.28. The lowest BCUT2D eigenvalue weighted by molar-refractivity contribution is -0.384. The van der Waals surface area contributed by atoms with E-state index in [9.17, 15) is 19.7 Å². The molecule has 2 rings (SSSR count). The van der Waals surface area contributed by atoms with E-state index in [0.29, 0.717) is 18.1 Å². The SMILES string of the molecule is CCOc1cc(C(=O)OCC(=O)Nc2ccc([N+](=O)[O-])cc2C#N)ccc1OC. The molecule has 150 valence electrons. The number of esters is 1. The van der Waals surface area contributed by atoms with Crippen LogP contribution >= 0.6 is 0 Å². The van der Waals surface area contributed by atoms with Gasteiger partial charge in [-0.3, -0.25) is 14.9 Å². The second-order valence-electron chi connectivity index (χ2n) is 5.52. The lowest BCUT2D eigenvalue weighted by atomic mass is 10.1. The number of methoxy groups -OCH3 is 1. The molecule has 0 atom stereocenters. The van der Waals surface area contributed by atoms with Crippen LogP contribution in [0, 0.1) is 21.4 Å². The zero-order chi connectivity index (χ0) is 21.4. The van der Waals surface area contributed by atoms with Crippen LogP contribution in [-0.2, 0) is 9.53 Å². The average molecular weight is 399 g/mol. The monoisotopic (exact) mass is 399 g/mol. The van der Waals surface area contributed by atoms with Gasteiger partial charge in [0.2, 0.25) is 0 Å². The molecule has 10 nitrogen and oxygen atoms in total. The Morgan fingerprint density at radius 1 is 1.21 bits per heavy atom. The maximum atomic E-state index is 12.2. The van der Waals surface area contributed by atoms with Gasteiger partial charge in [-0.05, 0) is 31.2 Å². The molecule has 0 radical (unpaired) electrons. The zero-order valence-corrected chi connectivity index (χ0v) is 15.6. The van der Waals surface area contributed by atoms with Gasteiger partial charge >= 0.3 is 5.97 Å². The van der Waals surface area contributed by atoms with E-state index in [-0.39, 0.29) is 22.5 Å². The summed E-state index contributed by atoms with van der Waals surface area (Å²) in [5.41, 5.74) is -0.136. The summed E-state index contributed by atoms with van der Waals surface area (Å²) in [7, 11) is 1.47. The maximum Gasteiger partial charge on any atom is 0.338 e. The van der Waals surface area contributed by atoms with Crippen molar-refractivity contribution in [1.82, 2.24) is 0 Å². The first-order valence-corrected chi connectivity index (χ1v) is 8.36. The van der Waals surface area contributed by atoms with Gasteiger partial charge in [-0.15, -0.1) is 0 Å². The van der Waals surface area contributed by atoms with E-state index in [4.69, 9.17) is 19.5 Å². The van der Waals surface area contributed by atoms with Crippen LogP contribution in [0.5, 0.6) is 11.5 Å². The molecule has 1 amide bonds. The summed E-state index contributed by atoms with van der Waals surface area (Å²) in [5, 5.41) is 22.2. The van der Waals surface area contributed by atoms with Gasteiger partial charge in [-0.1, -0.05) is 0 Å². The number of amides is 1. The van der Waals surface area contributed by atoms with Crippen LogP contribution in [0.1, 0.15) is 22.8 Å². The van der Waals surface area contributed by atoms with Crippen molar-refractivity contribution in [1.29, 1.82) is 5.26 Å². The van der Waals surface area contributed by atoms with Crippen molar-refractivity contribution in [3.05, 3.63) is 57.6 Å². The van der Waals surface area contributed by atoms with Gasteiger partial charge in [0.25, 0.3) is 11.6 Å². The molecule has 0 unspecified atom stereocenters. The number of anilines is 1. The number of nitrogens with zero attached hydrogens (tertiary/aromatic N) is 2. The number of nitro groups is 1. The number of nitrogens with one attached hydrogen (secondary N) is 1. The zero-order valence-electron chi connectivity index (χ0n) is 15.6. The fraction of sp³-hybridized carbons (Fsp3) is 0.211. The van der Waals surface area contributed by atoms with E-state index in [1.54, 1.807) is 13.0 Å². The molecular weight excluding hydrogens is 382 g/mol. The van der Waals surface area contributed by atoms with Crippen LogP contribution in [0.4, 0.5) is 11.4 Å². The van der Waals surface area contributed by atoms with Crippen LogP contribution in [-0.4, -0.2) is 37.1 Å². The average Bonchev–Trinajstić information content (AvgIpc) is 2.72. The quantitative estimate of drug-likeness (QED) is 0.406. The number of nitriles is 1. The lowest BCUT2D eigenvalue weighted by Gasteiger charge is -2.11. The Labute approximate surface area is 165 Å². The van der Waals surface area contributed by atoms with E-state index >= 15 is 0 Å². The van der Waals surface area contributed by atoms with Gasteiger partial charge < -0.3 is 19.5 Å². The van der Waals surface area contributed by atoms with Crippen LogP contribution in [0.2, 0.25) is 0 Å². The molecule has 0 spiro atoms. The number of hydrogen-bond donors (Lipinski definition) is 1. The Hall–Kier alpha value is -4.13. The molecule has 0 aliphatic rings. The van der Waals surface area contributed by atoms with Crippen molar-refractivity contribution in [2.75, 3.05) is 25.6 Å². The number of carbonyl (C=O) groups is 2. The predicted octanol–water partition coefficient (Wildman–Crippen LogP) is 2.67. The number of carbonyl (C=O) groups excluding carboxylic acids is 2. The van der Waals surface area contributed by atoms with Crippen LogP contribution < -0.4 is 14.8 Å². The normalized spacial score (nSPS) is 9.83. The largest absolute Gasteiger partial charge is 0.493 e. The molecule has 0 saturated heterocycles. The second-order valence-corrected chi connectivity index (χ2v) is 5.52. The molecule has 0 aliphatic heterocycles. The van der Waals surface area contributed by atoms with Gasteiger partial charge in [0.05, 0.1) is 35.5 Å². The predicted molar refractivity (Wildman–Crippen MR) is 101 cm³/mol. The summed E-state index contributed by atoms with van der Waals surface area (Å²) in [6, 6.07) is 9.62. The van der Waals surface area contributed by atoms with Gasteiger partial charge in [0.1, 0.15) is 6.07 Å². The van der Waals surface area contributed by atoms with E-state index in [1.165, 1.54) is 31.4 Å². The minimum Gasteiger partial charge on any atom is -0.493 e. The highest BCUT2D eigenvalue weighted by molar-refractivity contribution is 5.96. The van der Waals surface area contributed by atoms with Gasteiger partial charge in [-0.2, -0.15) is 5.26 Å². The Balaban J connectivity index is 2.02. The van der Waals surface area contributed by atoms with E-state index in [2.05, 4.69) is 5.32 Å². The van der Waals surface area contributed by atoms with E-state index < -0.39 is 23.4 Å². The first-order chi connectivity index (χ1) is 13.9. The third-order valence-corrected chi connectivity index (χ3v) is 3.64. The molecule has 0 saturated carbocycles. The lowest BCUT2D eigenvalue weighted by Crippen LogP contribution is -2.21. The Morgan fingerprint density at radius 2 is 1.97 bits per heavy atom. The minimum atomic E-state index is -0.757. The Bertz CT molecular complexity index is 982. The third kappa shape index (κ3) is 5.43. The van der Waals surface area contributed by atoms with E-state index in [1.807, 2.05) is 0 Å². The maximum absolute atomic E-state index is 12.2. The van der Waals surface area contributed by atoms with Crippen LogP contribution in [0.3, 0.4) is 0 Å². The Kier molecular flexibility index (Phi) is 7.08. The smallest absolute Gasteiger partial charge is 0.338 e. The van der Waals surface area contributed by atoms with Crippen molar-refractivity contribution in [3.8, 4) is 17.6 Å². The van der Waals surface area contributed by atoms with Gasteiger partial charge in [0.15, 0.2) is 18.1 Å². The first-order valence-electron chi connectivity index (χ1n) is 8.36. The summed E-state index contributed by atoms with van der Waals surface area (Å²) in [5.74, 6) is -0.656. The second kappa shape index (κ2) is 9.70. The molecule has 0 bridgehead atoms. The molecule has 0 fully saturated rings. The number of hydrogen-bond acceptors (Lipinski definition) is 8. The highest BCUT2D eigenvalue weighted by Gasteiger charge is 2.16. The number of rotatable bonds is 8. The van der Waals surface area contributed by atoms with Crippen molar-refractivity contribution < 1.29 is 28.7 Å². The van der Waals surface area contributed by atoms with Crippen LogP contribution in [0.25, 0.3) is 0 Å². The Morgan fingerprint density at radius 3 is 2.59 bits per heavy atom. The molecule has 2 aromatic rings. The van der Waals surface area contributed by atoms with Crippen molar-refractivity contribution in [3.63, 3.8) is 0 Å². The standard InChI is InChI=1S/C19H17N3O7/c1-3-28-17-9-12(4-7-16(17)27-2)19(24)29-11-18(23)21-15-6-5-14(22(25)26)8-13(15)10-20/h4-9H,3,11H2,1-2H3,(H,21,23). The summed E-state index contributed by atoms with van der Waals surface area (Å²) in [6.07, 6.45) is 0. The van der Waals surface area contributed by atoms with E-state index in [0.717, 1.165) is 12.1 Å². The molecule has 2 aromatic carbocycles. The number of benzene rings is 2. The highest BCUT2D eigenvalue weighted by atomic mass is 16.6. The van der Waals surface area contributed by atoms with Crippen molar-refractivity contribution in [2.24, 2.45) is 0 Å². The molecule has 0 heterocycles. The number of nitro benzene ring substituents is 1. The van der Waals surface area contributed by atoms with Gasteiger partial charge in [0, 0.05) is 12.1 Å². The molecule has 0 aromatic heterocycles. The molecule has 0 aliphatic carbocycles. The summed E-state index contributed by atoms with van der Waals surface area (Å²) < 4.78 is 15.5. The summed E-state index contributed by atoms with van der Waals surface area (Å²) >= 11 is 0. The van der Waals surface area contributed by atoms with Crippen molar-refractivity contribution >= 4 is 23.3 Å². The fourth-order valence-corrected chi connectivity index (χ4v) is 2.32. The van der Waals surface area contributed by atoms with Gasteiger partial charge in [-0.25, -0.2) is 4.79 Å². The summed E-state index contributed by atoms with van der Waals surface area (Å²) in [6.45, 7) is 1.53. The molecule has 10 heteroatoms. The number of ether oxygens (including phenoxy) is 3. The molecule has 1 N–H and O–H groups in total. The molecule has 29 heavy (non-hydrogen) atoms. The fourth-order valence-electron chi connectivity index (χ4n) is 2.32. The topological polar surface area (TPSA) is 141 Å². The third-order valence-electron chi connectivity index (χ3n) is 3.64. The number of non-ortho nitro benzene ring substituents is 1. The van der Waals surface area contributed by atoms with Crippen LogP contribution in [0.15, 0.2) is 36.4 Å².